The van der Waals surface area contributed by atoms with Gasteiger partial charge in [0.05, 0.1) is 11.5 Å². The molecule has 0 saturated carbocycles. The number of nitro benzene ring substituents is 1. The predicted molar refractivity (Wildman–Crippen MR) is 63.2 cm³/mol. The molecule has 0 bridgehead atoms. The van der Waals surface area contributed by atoms with Crippen molar-refractivity contribution in [3.05, 3.63) is 33.9 Å². The highest BCUT2D eigenvalue weighted by Gasteiger charge is 2.18. The Labute approximate surface area is 99.3 Å². The van der Waals surface area contributed by atoms with Crippen LogP contribution in [0.2, 0.25) is 0 Å². The van der Waals surface area contributed by atoms with E-state index in [1.165, 1.54) is 0 Å². The van der Waals surface area contributed by atoms with E-state index in [0.29, 0.717) is 23.8 Å². The molecule has 0 aliphatic rings. The maximum absolute atomic E-state index is 10.9. The highest BCUT2D eigenvalue weighted by Crippen LogP contribution is 2.30. The first-order valence-electron chi connectivity index (χ1n) is 4.99. The molecule has 0 radical (unpaired) electrons. The maximum Gasteiger partial charge on any atom is 0.313 e. The molecule has 0 saturated heterocycles. The van der Waals surface area contributed by atoms with Crippen molar-refractivity contribution in [3.8, 4) is 5.75 Å². The van der Waals surface area contributed by atoms with Crippen LogP contribution < -0.4 is 4.74 Å². The lowest BCUT2D eigenvalue weighted by Gasteiger charge is -2.11. The molecule has 1 atom stereocenters. The van der Waals surface area contributed by atoms with Crippen molar-refractivity contribution < 1.29 is 9.66 Å². The van der Waals surface area contributed by atoms with Gasteiger partial charge in [0.15, 0.2) is 5.75 Å². The molecule has 4 nitrogen and oxygen atoms in total. The number of benzene rings is 1. The highest BCUT2D eigenvalue weighted by atomic mass is 35.5. The van der Waals surface area contributed by atoms with Gasteiger partial charge in [0.25, 0.3) is 0 Å². The quantitative estimate of drug-likeness (QED) is 0.453. The van der Waals surface area contributed by atoms with Gasteiger partial charge < -0.3 is 4.74 Å². The Morgan fingerprint density at radius 2 is 2.25 bits per heavy atom. The first-order chi connectivity index (χ1) is 7.56. The molecule has 0 aromatic heterocycles. The van der Waals surface area contributed by atoms with Crippen LogP contribution in [0.1, 0.15) is 12.5 Å². The molecule has 0 amide bonds. The van der Waals surface area contributed by atoms with Crippen LogP contribution in [0.5, 0.6) is 5.75 Å². The second kappa shape index (κ2) is 5.70. The molecule has 1 unspecified atom stereocenters. The highest BCUT2D eigenvalue weighted by molar-refractivity contribution is 6.18. The van der Waals surface area contributed by atoms with Crippen LogP contribution in [-0.2, 0) is 0 Å². The summed E-state index contributed by atoms with van der Waals surface area (Å²) in [6, 6.07) is 5.03. The van der Waals surface area contributed by atoms with Crippen molar-refractivity contribution in [2.45, 2.75) is 13.8 Å². The molecule has 0 spiro atoms. The van der Waals surface area contributed by atoms with Crippen LogP contribution in [0, 0.1) is 23.0 Å². The van der Waals surface area contributed by atoms with E-state index in [1.807, 2.05) is 6.92 Å². The van der Waals surface area contributed by atoms with E-state index in [4.69, 9.17) is 16.3 Å². The first-order valence-corrected chi connectivity index (χ1v) is 5.52. The lowest BCUT2D eigenvalue weighted by atomic mass is 10.2. The summed E-state index contributed by atoms with van der Waals surface area (Å²) in [5.41, 5.74) is 0.630. The Morgan fingerprint density at radius 3 is 2.81 bits per heavy atom. The van der Waals surface area contributed by atoms with E-state index in [9.17, 15) is 10.1 Å². The lowest BCUT2D eigenvalue weighted by Crippen LogP contribution is -2.10. The number of rotatable bonds is 5. The molecule has 0 N–H and O–H groups in total. The van der Waals surface area contributed by atoms with Crippen LogP contribution in [0.15, 0.2) is 18.2 Å². The third-order valence-corrected chi connectivity index (χ3v) is 2.70. The smallest absolute Gasteiger partial charge is 0.313 e. The second-order valence-corrected chi connectivity index (χ2v) is 4.06. The fraction of sp³-hybridized carbons (Fsp3) is 0.455. The average Bonchev–Trinajstić information content (AvgIpc) is 2.25. The van der Waals surface area contributed by atoms with Gasteiger partial charge in [-0.1, -0.05) is 19.1 Å². The van der Waals surface area contributed by atoms with Gasteiger partial charge in [-0.3, -0.25) is 10.1 Å². The van der Waals surface area contributed by atoms with Crippen molar-refractivity contribution >= 4 is 17.3 Å². The van der Waals surface area contributed by atoms with Gasteiger partial charge in [-0.05, 0) is 13.0 Å². The Kier molecular flexibility index (Phi) is 4.55. The Balaban J connectivity index is 2.87. The fourth-order valence-corrected chi connectivity index (χ4v) is 1.35. The van der Waals surface area contributed by atoms with Crippen LogP contribution in [0.25, 0.3) is 0 Å². The summed E-state index contributed by atoms with van der Waals surface area (Å²) in [6.07, 6.45) is 0. The summed E-state index contributed by atoms with van der Waals surface area (Å²) >= 11 is 5.64. The number of para-hydroxylation sites is 1. The summed E-state index contributed by atoms with van der Waals surface area (Å²) < 4.78 is 5.41. The molecule has 1 aromatic carbocycles. The number of nitrogens with zero attached hydrogens (tertiary/aromatic N) is 1. The molecule has 88 valence electrons. The molecule has 0 aliphatic carbocycles. The summed E-state index contributed by atoms with van der Waals surface area (Å²) in [5.74, 6) is 0.948. The van der Waals surface area contributed by atoms with E-state index in [-0.39, 0.29) is 11.6 Å². The maximum atomic E-state index is 10.9. The third-order valence-electron chi connectivity index (χ3n) is 2.17. The number of aryl methyl sites for hydroxylation is 1. The topological polar surface area (TPSA) is 52.4 Å². The SMILES string of the molecule is Cc1cccc(OCC(C)CCl)c1[N+](=O)[O-]. The van der Waals surface area contributed by atoms with Crippen LogP contribution in [-0.4, -0.2) is 17.4 Å². The predicted octanol–water partition coefficient (Wildman–Crippen LogP) is 3.16. The number of halogens is 1. The van der Waals surface area contributed by atoms with E-state index >= 15 is 0 Å². The van der Waals surface area contributed by atoms with Gasteiger partial charge in [-0.25, -0.2) is 0 Å². The summed E-state index contributed by atoms with van der Waals surface area (Å²) in [6.45, 7) is 4.00. The molecular formula is C11H14ClNO3. The van der Waals surface area contributed by atoms with Gasteiger partial charge in [0, 0.05) is 17.4 Å². The zero-order valence-corrected chi connectivity index (χ0v) is 10.0. The van der Waals surface area contributed by atoms with Gasteiger partial charge in [-0.15, -0.1) is 11.6 Å². The van der Waals surface area contributed by atoms with Gasteiger partial charge in [0.2, 0.25) is 0 Å². The van der Waals surface area contributed by atoms with Crippen molar-refractivity contribution in [2.75, 3.05) is 12.5 Å². The van der Waals surface area contributed by atoms with E-state index < -0.39 is 4.92 Å². The van der Waals surface area contributed by atoms with E-state index in [0.717, 1.165) is 0 Å². The number of hydrogen-bond donors (Lipinski definition) is 0. The minimum atomic E-state index is -0.421. The van der Waals surface area contributed by atoms with Crippen molar-refractivity contribution in [1.82, 2.24) is 0 Å². The monoisotopic (exact) mass is 243 g/mol. The molecular weight excluding hydrogens is 230 g/mol. The van der Waals surface area contributed by atoms with E-state index in [1.54, 1.807) is 25.1 Å². The summed E-state index contributed by atoms with van der Waals surface area (Å²) in [5, 5.41) is 10.9. The van der Waals surface area contributed by atoms with Gasteiger partial charge in [-0.2, -0.15) is 0 Å². The van der Waals surface area contributed by atoms with Crippen molar-refractivity contribution in [1.29, 1.82) is 0 Å². The molecule has 0 heterocycles. The molecule has 5 heteroatoms. The normalized spacial score (nSPS) is 12.2. The molecule has 0 aliphatic heterocycles. The fourth-order valence-electron chi connectivity index (χ4n) is 1.26. The first kappa shape index (κ1) is 12.8. The van der Waals surface area contributed by atoms with Gasteiger partial charge >= 0.3 is 5.69 Å². The number of hydrogen-bond acceptors (Lipinski definition) is 3. The number of alkyl halides is 1. The second-order valence-electron chi connectivity index (χ2n) is 3.75. The van der Waals surface area contributed by atoms with Crippen molar-refractivity contribution in [3.63, 3.8) is 0 Å². The Hall–Kier alpha value is -1.29. The van der Waals surface area contributed by atoms with Crippen LogP contribution >= 0.6 is 11.6 Å². The average molecular weight is 244 g/mol. The summed E-state index contributed by atoms with van der Waals surface area (Å²) in [7, 11) is 0. The molecule has 1 aromatic rings. The number of nitro groups is 1. The Bertz CT molecular complexity index is 381. The largest absolute Gasteiger partial charge is 0.486 e. The van der Waals surface area contributed by atoms with Gasteiger partial charge in [0.1, 0.15) is 0 Å². The third kappa shape index (κ3) is 3.10. The summed E-state index contributed by atoms with van der Waals surface area (Å²) in [4.78, 5) is 10.4. The molecule has 1 rings (SSSR count). The van der Waals surface area contributed by atoms with Crippen molar-refractivity contribution in [2.24, 2.45) is 5.92 Å². The standard InChI is InChI=1S/C11H14ClNO3/c1-8(6-12)7-16-10-5-3-4-9(2)11(10)13(14)15/h3-5,8H,6-7H2,1-2H3. The Morgan fingerprint density at radius 1 is 1.56 bits per heavy atom. The zero-order chi connectivity index (χ0) is 12.1. The zero-order valence-electron chi connectivity index (χ0n) is 9.27. The molecule has 0 fully saturated rings. The number of ether oxygens (including phenoxy) is 1. The molecule has 16 heavy (non-hydrogen) atoms. The van der Waals surface area contributed by atoms with Crippen LogP contribution in [0.3, 0.4) is 0 Å². The van der Waals surface area contributed by atoms with Crippen LogP contribution in [0.4, 0.5) is 5.69 Å². The lowest BCUT2D eigenvalue weighted by molar-refractivity contribution is -0.386. The van der Waals surface area contributed by atoms with E-state index in [2.05, 4.69) is 0 Å². The minimum Gasteiger partial charge on any atom is -0.486 e. The minimum absolute atomic E-state index is 0.0317.